The van der Waals surface area contributed by atoms with Crippen molar-refractivity contribution in [2.45, 2.75) is 103 Å². The second kappa shape index (κ2) is 13.2. The van der Waals surface area contributed by atoms with Gasteiger partial charge in [0.2, 0.25) is 0 Å². The molecule has 0 N–H and O–H groups in total. The summed E-state index contributed by atoms with van der Waals surface area (Å²) in [5.41, 5.74) is 0. The fraction of sp³-hybridized carbons (Fsp3) is 0.895. The molecule has 1 aliphatic rings. The topological polar surface area (TPSA) is 18.5 Å². The lowest BCUT2D eigenvalue weighted by Crippen LogP contribution is -2.26. The molecule has 2 nitrogen and oxygen atoms in total. The smallest absolute Gasteiger partial charge is 0.157 e. The van der Waals surface area contributed by atoms with Crippen molar-refractivity contribution in [2.24, 2.45) is 0 Å². The molecule has 0 aromatic heterocycles. The van der Waals surface area contributed by atoms with Crippen LogP contribution in [0.15, 0.2) is 0 Å². The van der Waals surface area contributed by atoms with Gasteiger partial charge in [-0.15, -0.1) is 11.8 Å². The lowest BCUT2D eigenvalue weighted by Gasteiger charge is -2.26. The van der Waals surface area contributed by atoms with Gasteiger partial charge in [-0.2, -0.15) is 0 Å². The molecule has 0 aromatic carbocycles. The molecule has 2 unspecified atom stereocenters. The quantitative estimate of drug-likeness (QED) is 0.394. The predicted octanol–water partition coefficient (Wildman–Crippen LogP) is 5.45. The number of hydrogen-bond acceptors (Lipinski definition) is 2. The first-order valence-electron chi connectivity index (χ1n) is 9.05. The minimum atomic E-state index is 0.0525. The molecule has 0 bridgehead atoms. The van der Waals surface area contributed by atoms with Crippen LogP contribution in [0.1, 0.15) is 90.9 Å². The monoisotopic (exact) mass is 294 g/mol. The van der Waals surface area contributed by atoms with E-state index in [4.69, 9.17) is 9.47 Å². The fourth-order valence-electron chi connectivity index (χ4n) is 2.61. The Balaban J connectivity index is 1.90. The molecule has 0 spiro atoms. The third-order valence-corrected chi connectivity index (χ3v) is 3.96. The molecule has 2 heteroatoms. The van der Waals surface area contributed by atoms with Crippen LogP contribution in [-0.4, -0.2) is 19.0 Å². The lowest BCUT2D eigenvalue weighted by atomic mass is 10.1. The highest BCUT2D eigenvalue weighted by molar-refractivity contribution is 4.98. The standard InChI is InChI=1S/C19H34O2/c1-3-4-5-6-7-8-9-10-11-12-15-18(2)21-19-16-13-14-17-20-19/h18-19H,3-7,10-17H2,1-2H3. The van der Waals surface area contributed by atoms with E-state index in [2.05, 4.69) is 25.7 Å². The van der Waals surface area contributed by atoms with Crippen LogP contribution in [0.3, 0.4) is 0 Å². The zero-order valence-electron chi connectivity index (χ0n) is 14.2. The summed E-state index contributed by atoms with van der Waals surface area (Å²) < 4.78 is 11.5. The number of ether oxygens (including phenoxy) is 2. The molecule has 1 rings (SSSR count). The molecule has 0 saturated carbocycles. The Hall–Kier alpha value is -0.520. The normalized spacial score (nSPS) is 19.8. The first-order valence-corrected chi connectivity index (χ1v) is 9.05. The van der Waals surface area contributed by atoms with Gasteiger partial charge in [-0.05, 0) is 51.9 Å². The van der Waals surface area contributed by atoms with Crippen LogP contribution < -0.4 is 0 Å². The molecule has 21 heavy (non-hydrogen) atoms. The van der Waals surface area contributed by atoms with Crippen LogP contribution in [-0.2, 0) is 9.47 Å². The number of rotatable bonds is 10. The van der Waals surface area contributed by atoms with E-state index >= 15 is 0 Å². The van der Waals surface area contributed by atoms with E-state index in [9.17, 15) is 0 Å². The molecule has 2 atom stereocenters. The van der Waals surface area contributed by atoms with Gasteiger partial charge < -0.3 is 9.47 Å². The molecule has 122 valence electrons. The summed E-state index contributed by atoms with van der Waals surface area (Å²) in [5, 5.41) is 0. The summed E-state index contributed by atoms with van der Waals surface area (Å²) in [4.78, 5) is 0. The van der Waals surface area contributed by atoms with Crippen LogP contribution >= 0.6 is 0 Å². The van der Waals surface area contributed by atoms with E-state index in [1.807, 2.05) is 0 Å². The molecule has 1 saturated heterocycles. The van der Waals surface area contributed by atoms with Crippen molar-refractivity contribution in [2.75, 3.05) is 6.61 Å². The molecule has 0 amide bonds. The lowest BCUT2D eigenvalue weighted by molar-refractivity contribution is -0.185. The number of unbranched alkanes of at least 4 members (excludes halogenated alkanes) is 6. The Labute approximate surface area is 132 Å². The summed E-state index contributed by atoms with van der Waals surface area (Å²) in [6, 6.07) is 0. The maximum atomic E-state index is 5.92. The van der Waals surface area contributed by atoms with Crippen molar-refractivity contribution in [3.05, 3.63) is 0 Å². The van der Waals surface area contributed by atoms with Gasteiger partial charge in [-0.3, -0.25) is 0 Å². The van der Waals surface area contributed by atoms with Crippen molar-refractivity contribution in [1.29, 1.82) is 0 Å². The van der Waals surface area contributed by atoms with Crippen LogP contribution in [0.2, 0.25) is 0 Å². The van der Waals surface area contributed by atoms with Gasteiger partial charge >= 0.3 is 0 Å². The molecule has 0 aromatic rings. The fourth-order valence-corrected chi connectivity index (χ4v) is 2.61. The summed E-state index contributed by atoms with van der Waals surface area (Å²) >= 11 is 0. The van der Waals surface area contributed by atoms with E-state index in [0.29, 0.717) is 6.10 Å². The van der Waals surface area contributed by atoms with Gasteiger partial charge in [-0.1, -0.05) is 26.2 Å². The minimum Gasteiger partial charge on any atom is -0.353 e. The van der Waals surface area contributed by atoms with Crippen molar-refractivity contribution in [1.82, 2.24) is 0 Å². The van der Waals surface area contributed by atoms with Crippen molar-refractivity contribution >= 4 is 0 Å². The van der Waals surface area contributed by atoms with Crippen LogP contribution in [0.4, 0.5) is 0 Å². The van der Waals surface area contributed by atoms with Gasteiger partial charge in [-0.25, -0.2) is 0 Å². The second-order valence-electron chi connectivity index (χ2n) is 6.15. The SMILES string of the molecule is CCCCCCC#CCCCCC(C)OC1CCCCO1. The van der Waals surface area contributed by atoms with E-state index in [1.54, 1.807) is 0 Å². The van der Waals surface area contributed by atoms with Crippen LogP contribution in [0.5, 0.6) is 0 Å². The Bertz CT molecular complexity index is 284. The summed E-state index contributed by atoms with van der Waals surface area (Å²) in [6.45, 7) is 5.28. The maximum absolute atomic E-state index is 5.92. The minimum absolute atomic E-state index is 0.0525. The largest absolute Gasteiger partial charge is 0.353 e. The molecule has 1 heterocycles. The molecular weight excluding hydrogens is 260 g/mol. The summed E-state index contributed by atoms with van der Waals surface area (Å²) in [5.74, 6) is 6.60. The van der Waals surface area contributed by atoms with Crippen LogP contribution in [0.25, 0.3) is 0 Å². The molecular formula is C19H34O2. The average Bonchev–Trinajstić information content (AvgIpc) is 2.50. The zero-order valence-corrected chi connectivity index (χ0v) is 14.2. The number of hydrogen-bond donors (Lipinski definition) is 0. The van der Waals surface area contributed by atoms with Crippen molar-refractivity contribution < 1.29 is 9.47 Å². The Morgan fingerprint density at radius 1 is 1.05 bits per heavy atom. The third kappa shape index (κ3) is 10.8. The average molecular weight is 294 g/mol. The van der Waals surface area contributed by atoms with Gasteiger partial charge in [0.15, 0.2) is 6.29 Å². The van der Waals surface area contributed by atoms with Crippen molar-refractivity contribution in [3.8, 4) is 11.8 Å². The molecule has 1 aliphatic heterocycles. The van der Waals surface area contributed by atoms with Crippen LogP contribution in [0, 0.1) is 11.8 Å². The van der Waals surface area contributed by atoms with E-state index in [0.717, 1.165) is 32.3 Å². The Morgan fingerprint density at radius 2 is 1.81 bits per heavy atom. The van der Waals surface area contributed by atoms with Gasteiger partial charge in [0.1, 0.15) is 0 Å². The third-order valence-electron chi connectivity index (χ3n) is 3.96. The maximum Gasteiger partial charge on any atom is 0.157 e. The van der Waals surface area contributed by atoms with Gasteiger partial charge in [0.05, 0.1) is 6.10 Å². The van der Waals surface area contributed by atoms with Gasteiger partial charge in [0, 0.05) is 19.4 Å². The predicted molar refractivity (Wildman–Crippen MR) is 89.1 cm³/mol. The highest BCUT2D eigenvalue weighted by Crippen LogP contribution is 2.17. The van der Waals surface area contributed by atoms with E-state index < -0.39 is 0 Å². The molecule has 0 radical (unpaired) electrons. The molecule has 1 fully saturated rings. The summed E-state index contributed by atoms with van der Waals surface area (Å²) in [7, 11) is 0. The van der Waals surface area contributed by atoms with E-state index in [-0.39, 0.29) is 6.29 Å². The zero-order chi connectivity index (χ0) is 15.2. The van der Waals surface area contributed by atoms with Crippen molar-refractivity contribution in [3.63, 3.8) is 0 Å². The first kappa shape index (κ1) is 18.5. The molecule has 0 aliphatic carbocycles. The van der Waals surface area contributed by atoms with Gasteiger partial charge in [0.25, 0.3) is 0 Å². The summed E-state index contributed by atoms with van der Waals surface area (Å²) in [6.07, 6.45) is 14.8. The Morgan fingerprint density at radius 3 is 2.48 bits per heavy atom. The highest BCUT2D eigenvalue weighted by Gasteiger charge is 2.16. The Kier molecular flexibility index (Phi) is 11.6. The highest BCUT2D eigenvalue weighted by atomic mass is 16.7. The van der Waals surface area contributed by atoms with E-state index in [1.165, 1.54) is 51.4 Å². The first-order chi connectivity index (χ1) is 10.3. The second-order valence-corrected chi connectivity index (χ2v) is 6.15.